The molecule has 24 heavy (non-hydrogen) atoms. The number of rotatable bonds is 7. The van der Waals surface area contributed by atoms with Crippen molar-refractivity contribution in [3.63, 3.8) is 0 Å². The molecular formula is C19H23N3O2. The molecule has 0 radical (unpaired) electrons. The van der Waals surface area contributed by atoms with Gasteiger partial charge in [-0.2, -0.15) is 5.26 Å². The van der Waals surface area contributed by atoms with Crippen LogP contribution in [0.4, 0.5) is 5.69 Å². The lowest BCUT2D eigenvalue weighted by Crippen LogP contribution is -2.15. The van der Waals surface area contributed by atoms with Gasteiger partial charge < -0.3 is 14.6 Å². The van der Waals surface area contributed by atoms with E-state index in [0.717, 1.165) is 30.5 Å². The van der Waals surface area contributed by atoms with Gasteiger partial charge in [0.2, 0.25) is 0 Å². The van der Waals surface area contributed by atoms with Crippen LogP contribution in [0.5, 0.6) is 5.75 Å². The highest BCUT2D eigenvalue weighted by Gasteiger charge is 2.16. The summed E-state index contributed by atoms with van der Waals surface area (Å²) in [5.74, 6) is 0.239. The van der Waals surface area contributed by atoms with Gasteiger partial charge in [0, 0.05) is 19.4 Å². The monoisotopic (exact) mass is 325 g/mol. The summed E-state index contributed by atoms with van der Waals surface area (Å²) in [4.78, 5) is 12.7. The molecule has 0 bridgehead atoms. The van der Waals surface area contributed by atoms with Gasteiger partial charge in [0.1, 0.15) is 5.75 Å². The van der Waals surface area contributed by atoms with Crippen LogP contribution in [-0.2, 0) is 13.5 Å². The van der Waals surface area contributed by atoms with E-state index in [2.05, 4.69) is 18.3 Å². The Morgan fingerprint density at radius 1 is 1.29 bits per heavy atom. The number of amides is 1. The second-order valence-corrected chi connectivity index (χ2v) is 5.74. The van der Waals surface area contributed by atoms with Gasteiger partial charge in [0.25, 0.3) is 5.91 Å². The van der Waals surface area contributed by atoms with Gasteiger partial charge in [-0.1, -0.05) is 20.3 Å². The normalized spacial score (nSPS) is 10.2. The maximum Gasteiger partial charge on any atom is 0.259 e. The van der Waals surface area contributed by atoms with Crippen molar-refractivity contribution in [2.45, 2.75) is 33.1 Å². The molecule has 0 aliphatic rings. The minimum atomic E-state index is -0.262. The summed E-state index contributed by atoms with van der Waals surface area (Å²) in [7, 11) is 1.93. The number of benzene rings is 1. The number of aryl methyl sites for hydroxylation is 2. The van der Waals surface area contributed by atoms with Gasteiger partial charge in [-0.05, 0) is 36.6 Å². The van der Waals surface area contributed by atoms with Crippen molar-refractivity contribution in [2.75, 3.05) is 11.9 Å². The van der Waals surface area contributed by atoms with Crippen molar-refractivity contribution in [1.82, 2.24) is 4.57 Å². The third kappa shape index (κ3) is 4.17. The maximum absolute atomic E-state index is 12.7. The van der Waals surface area contributed by atoms with Gasteiger partial charge >= 0.3 is 0 Å². The van der Waals surface area contributed by atoms with Crippen molar-refractivity contribution < 1.29 is 9.53 Å². The molecule has 0 atom stereocenters. The van der Waals surface area contributed by atoms with Crippen LogP contribution in [0.15, 0.2) is 30.6 Å². The van der Waals surface area contributed by atoms with Crippen molar-refractivity contribution in [1.29, 1.82) is 5.26 Å². The first kappa shape index (κ1) is 17.6. The van der Waals surface area contributed by atoms with E-state index in [-0.39, 0.29) is 5.91 Å². The smallest absolute Gasteiger partial charge is 0.259 e. The summed E-state index contributed by atoms with van der Waals surface area (Å²) in [6.07, 6.45) is 6.65. The third-order valence-corrected chi connectivity index (χ3v) is 3.62. The van der Waals surface area contributed by atoms with E-state index in [0.29, 0.717) is 23.5 Å². The van der Waals surface area contributed by atoms with E-state index < -0.39 is 0 Å². The van der Waals surface area contributed by atoms with Gasteiger partial charge in [0.15, 0.2) is 0 Å². The molecule has 1 amide bonds. The van der Waals surface area contributed by atoms with Crippen LogP contribution < -0.4 is 10.1 Å². The van der Waals surface area contributed by atoms with Crippen LogP contribution in [-0.4, -0.2) is 17.1 Å². The topological polar surface area (TPSA) is 67.0 Å². The maximum atomic E-state index is 12.7. The lowest BCUT2D eigenvalue weighted by atomic mass is 10.1. The van der Waals surface area contributed by atoms with E-state index in [1.54, 1.807) is 18.2 Å². The zero-order chi connectivity index (χ0) is 17.5. The first-order valence-electron chi connectivity index (χ1n) is 8.22. The lowest BCUT2D eigenvalue weighted by molar-refractivity contribution is 0.102. The van der Waals surface area contributed by atoms with Crippen LogP contribution >= 0.6 is 0 Å². The number of hydrogen-bond acceptors (Lipinski definition) is 3. The number of aromatic nitrogens is 1. The van der Waals surface area contributed by atoms with Crippen molar-refractivity contribution in [2.24, 2.45) is 7.05 Å². The standard InChI is InChI=1S/C19H23N3O2/c1-4-6-15-12-22(3)13-17(15)21-19(23)16-10-14(11-20)7-8-18(16)24-9-5-2/h7-8,10,12-13H,4-6,9H2,1-3H3,(H,21,23). The van der Waals surface area contributed by atoms with E-state index >= 15 is 0 Å². The van der Waals surface area contributed by atoms with E-state index in [1.165, 1.54) is 0 Å². The van der Waals surface area contributed by atoms with Gasteiger partial charge in [-0.25, -0.2) is 0 Å². The molecule has 0 aliphatic carbocycles. The Bertz CT molecular complexity index is 756. The summed E-state index contributed by atoms with van der Waals surface area (Å²) < 4.78 is 7.58. The molecule has 1 heterocycles. The first-order chi connectivity index (χ1) is 11.6. The van der Waals surface area contributed by atoms with Crippen LogP contribution in [0, 0.1) is 11.3 Å². The second-order valence-electron chi connectivity index (χ2n) is 5.74. The molecule has 1 N–H and O–H groups in total. The molecule has 0 spiro atoms. The van der Waals surface area contributed by atoms with Gasteiger partial charge in [-0.15, -0.1) is 0 Å². The zero-order valence-electron chi connectivity index (χ0n) is 14.4. The van der Waals surface area contributed by atoms with Gasteiger partial charge in [-0.3, -0.25) is 4.79 Å². The molecule has 126 valence electrons. The molecule has 2 aromatic rings. The number of hydrogen-bond donors (Lipinski definition) is 1. The average molecular weight is 325 g/mol. The quantitative estimate of drug-likeness (QED) is 0.839. The van der Waals surface area contributed by atoms with Crippen LogP contribution in [0.3, 0.4) is 0 Å². The van der Waals surface area contributed by atoms with E-state index in [4.69, 9.17) is 10.00 Å². The van der Waals surface area contributed by atoms with E-state index in [9.17, 15) is 4.79 Å². The summed E-state index contributed by atoms with van der Waals surface area (Å²) in [5.41, 5.74) is 2.72. The molecule has 1 aromatic heterocycles. The summed E-state index contributed by atoms with van der Waals surface area (Å²) in [6, 6.07) is 6.98. The fraction of sp³-hybridized carbons (Fsp3) is 0.368. The predicted octanol–water partition coefficient (Wildman–Crippen LogP) is 3.89. The SMILES string of the molecule is CCCOc1ccc(C#N)cc1C(=O)Nc1cn(C)cc1CCC. The molecule has 0 fully saturated rings. The van der Waals surface area contributed by atoms with Crippen molar-refractivity contribution >= 4 is 11.6 Å². The predicted molar refractivity (Wildman–Crippen MR) is 94.3 cm³/mol. The number of nitrogens with zero attached hydrogens (tertiary/aromatic N) is 2. The Kier molecular flexibility index (Phi) is 6.02. The molecule has 5 heteroatoms. The largest absolute Gasteiger partial charge is 0.493 e. The van der Waals surface area contributed by atoms with Crippen LogP contribution in [0.25, 0.3) is 0 Å². The lowest BCUT2D eigenvalue weighted by Gasteiger charge is -2.12. The minimum Gasteiger partial charge on any atom is -0.493 e. The first-order valence-corrected chi connectivity index (χ1v) is 8.22. The van der Waals surface area contributed by atoms with E-state index in [1.807, 2.05) is 30.9 Å². The second kappa shape index (κ2) is 8.21. The molecular weight excluding hydrogens is 302 g/mol. The summed E-state index contributed by atoms with van der Waals surface area (Å²) in [5, 5.41) is 12.0. The fourth-order valence-electron chi connectivity index (χ4n) is 2.52. The summed E-state index contributed by atoms with van der Waals surface area (Å²) >= 11 is 0. The van der Waals surface area contributed by atoms with Crippen molar-refractivity contribution in [3.05, 3.63) is 47.3 Å². The molecule has 0 unspecified atom stereocenters. The highest BCUT2D eigenvalue weighted by Crippen LogP contribution is 2.24. The van der Waals surface area contributed by atoms with Crippen LogP contribution in [0.2, 0.25) is 0 Å². The molecule has 0 saturated carbocycles. The fourth-order valence-corrected chi connectivity index (χ4v) is 2.52. The molecule has 1 aromatic carbocycles. The third-order valence-electron chi connectivity index (χ3n) is 3.62. The highest BCUT2D eigenvalue weighted by atomic mass is 16.5. The number of carbonyl (C=O) groups excluding carboxylic acids is 1. The number of nitrogens with one attached hydrogen (secondary N) is 1. The van der Waals surface area contributed by atoms with Crippen molar-refractivity contribution in [3.8, 4) is 11.8 Å². The average Bonchev–Trinajstić information content (AvgIpc) is 2.92. The number of anilines is 1. The zero-order valence-corrected chi connectivity index (χ0v) is 14.4. The number of nitriles is 1. The Labute approximate surface area is 142 Å². The Morgan fingerprint density at radius 2 is 2.08 bits per heavy atom. The molecule has 0 saturated heterocycles. The summed E-state index contributed by atoms with van der Waals surface area (Å²) in [6.45, 7) is 4.63. The van der Waals surface area contributed by atoms with Crippen LogP contribution in [0.1, 0.15) is 48.2 Å². The van der Waals surface area contributed by atoms with Gasteiger partial charge in [0.05, 0.1) is 29.5 Å². The molecule has 5 nitrogen and oxygen atoms in total. The Morgan fingerprint density at radius 3 is 2.75 bits per heavy atom. The molecule has 0 aliphatic heterocycles. The number of carbonyl (C=O) groups is 1. The molecule has 2 rings (SSSR count). The Hall–Kier alpha value is -2.74. The minimum absolute atomic E-state index is 0.262. The number of ether oxygens (including phenoxy) is 1. The Balaban J connectivity index is 2.30. The highest BCUT2D eigenvalue weighted by molar-refractivity contribution is 6.06.